The van der Waals surface area contributed by atoms with Crippen LogP contribution in [0.2, 0.25) is 0 Å². The van der Waals surface area contributed by atoms with Gasteiger partial charge in [-0.25, -0.2) is 0 Å². The quantitative estimate of drug-likeness (QED) is 0.553. The first-order valence-electron chi connectivity index (χ1n) is 7.47. The van der Waals surface area contributed by atoms with Crippen molar-refractivity contribution >= 4 is 22.7 Å². The molecule has 0 atom stereocenters. The third-order valence-electron chi connectivity index (χ3n) is 3.30. The smallest absolute Gasteiger partial charge is 0.306 e. The number of methoxy groups -OCH3 is 1. The number of benzene rings is 2. The summed E-state index contributed by atoms with van der Waals surface area (Å²) < 4.78 is 14.8. The molecule has 0 unspecified atom stereocenters. The number of carbonyl (C=O) groups is 2. The molecule has 0 aromatic heterocycles. The summed E-state index contributed by atoms with van der Waals surface area (Å²) in [5.41, 5.74) is 0.916. The second-order valence-electron chi connectivity index (χ2n) is 5.06. The Morgan fingerprint density at radius 2 is 1.57 bits per heavy atom. The summed E-state index contributed by atoms with van der Waals surface area (Å²) >= 11 is 0. The molecule has 0 aliphatic rings. The molecule has 0 N–H and O–H groups in total. The van der Waals surface area contributed by atoms with Crippen molar-refractivity contribution in [3.05, 3.63) is 48.0 Å². The van der Waals surface area contributed by atoms with E-state index in [4.69, 9.17) is 14.2 Å². The monoisotopic (exact) mass is 316 g/mol. The molecule has 0 aliphatic heterocycles. The van der Waals surface area contributed by atoms with Gasteiger partial charge in [-0.05, 0) is 22.4 Å². The first-order chi connectivity index (χ1) is 11.2. The lowest BCUT2D eigenvalue weighted by molar-refractivity contribution is -0.151. The minimum absolute atomic E-state index is 0.0133. The van der Waals surface area contributed by atoms with Crippen LogP contribution in [0, 0.1) is 0 Å². The second-order valence-corrected chi connectivity index (χ2v) is 5.06. The van der Waals surface area contributed by atoms with Gasteiger partial charge in [-0.2, -0.15) is 0 Å². The van der Waals surface area contributed by atoms with E-state index in [1.807, 2.05) is 42.5 Å². The van der Waals surface area contributed by atoms with E-state index in [1.165, 1.54) is 7.11 Å². The van der Waals surface area contributed by atoms with Gasteiger partial charge in [-0.15, -0.1) is 0 Å². The Bertz CT molecular complexity index is 665. The lowest BCUT2D eigenvalue weighted by Gasteiger charge is -2.07. The third-order valence-corrected chi connectivity index (χ3v) is 3.30. The number of fused-ring (bicyclic) bond motifs is 1. The zero-order chi connectivity index (χ0) is 16.5. The highest BCUT2D eigenvalue weighted by Crippen LogP contribution is 2.16. The van der Waals surface area contributed by atoms with Gasteiger partial charge in [0.1, 0.15) is 13.2 Å². The maximum Gasteiger partial charge on any atom is 0.306 e. The van der Waals surface area contributed by atoms with E-state index in [1.54, 1.807) is 0 Å². The Kier molecular flexibility index (Phi) is 6.56. The summed E-state index contributed by atoms with van der Waals surface area (Å²) in [5.74, 6) is -0.841. The largest absolute Gasteiger partial charge is 0.463 e. The van der Waals surface area contributed by atoms with Crippen LogP contribution in [-0.2, 0) is 30.4 Å². The zero-order valence-electron chi connectivity index (χ0n) is 13.1. The predicted octanol–water partition coefficient (Wildman–Crippen LogP) is 2.85. The van der Waals surface area contributed by atoms with E-state index in [-0.39, 0.29) is 26.1 Å². The van der Waals surface area contributed by atoms with Gasteiger partial charge in [0.05, 0.1) is 19.4 Å². The van der Waals surface area contributed by atoms with Crippen LogP contribution in [0.3, 0.4) is 0 Å². The van der Waals surface area contributed by atoms with Crippen molar-refractivity contribution in [2.75, 3.05) is 20.3 Å². The van der Waals surface area contributed by atoms with Crippen LogP contribution in [-0.4, -0.2) is 32.3 Å². The van der Waals surface area contributed by atoms with E-state index in [0.717, 1.165) is 16.3 Å². The fourth-order valence-corrected chi connectivity index (χ4v) is 2.08. The zero-order valence-corrected chi connectivity index (χ0v) is 13.1. The molecule has 23 heavy (non-hydrogen) atoms. The molecule has 122 valence electrons. The molecule has 0 amide bonds. The number of hydrogen-bond acceptors (Lipinski definition) is 5. The standard InChI is InChI=1S/C18H20O5/c1-21-10-11-22-17(19)8-9-18(20)23-13-14-6-7-15-4-2-3-5-16(15)12-14/h2-7,12H,8-11,13H2,1H3. The van der Waals surface area contributed by atoms with Gasteiger partial charge in [-0.3, -0.25) is 9.59 Å². The summed E-state index contributed by atoms with van der Waals surface area (Å²) in [6.45, 7) is 0.738. The lowest BCUT2D eigenvalue weighted by Crippen LogP contribution is -2.12. The predicted molar refractivity (Wildman–Crippen MR) is 85.8 cm³/mol. The molecule has 0 heterocycles. The van der Waals surface area contributed by atoms with Crippen LogP contribution >= 0.6 is 0 Å². The molecule has 0 saturated carbocycles. The van der Waals surface area contributed by atoms with Crippen molar-refractivity contribution in [3.8, 4) is 0 Å². The Labute approximate surface area is 135 Å². The van der Waals surface area contributed by atoms with Crippen molar-refractivity contribution in [2.24, 2.45) is 0 Å². The molecule has 0 saturated heterocycles. The van der Waals surface area contributed by atoms with Crippen LogP contribution in [0.4, 0.5) is 0 Å². The molecular weight excluding hydrogens is 296 g/mol. The molecule has 0 aliphatic carbocycles. The Balaban J connectivity index is 1.74. The van der Waals surface area contributed by atoms with Gasteiger partial charge in [0.15, 0.2) is 0 Å². The van der Waals surface area contributed by atoms with Crippen LogP contribution < -0.4 is 0 Å². The number of esters is 2. The van der Waals surface area contributed by atoms with Crippen molar-refractivity contribution in [3.63, 3.8) is 0 Å². The van der Waals surface area contributed by atoms with Crippen molar-refractivity contribution in [1.29, 1.82) is 0 Å². The minimum Gasteiger partial charge on any atom is -0.463 e. The van der Waals surface area contributed by atoms with E-state index in [9.17, 15) is 9.59 Å². The molecule has 0 fully saturated rings. The third kappa shape index (κ3) is 5.71. The van der Waals surface area contributed by atoms with Gasteiger partial charge in [0.2, 0.25) is 0 Å². The summed E-state index contributed by atoms with van der Waals surface area (Å²) in [4.78, 5) is 23.0. The number of carbonyl (C=O) groups excluding carboxylic acids is 2. The molecule has 0 spiro atoms. The first kappa shape index (κ1) is 17.0. The molecule has 2 aromatic rings. The summed E-state index contributed by atoms with van der Waals surface area (Å²) in [5, 5.41) is 2.24. The maximum absolute atomic E-state index is 11.7. The number of ether oxygens (including phenoxy) is 3. The van der Waals surface area contributed by atoms with Crippen LogP contribution in [0.1, 0.15) is 18.4 Å². The molecule has 5 nitrogen and oxygen atoms in total. The molecule has 5 heteroatoms. The number of rotatable bonds is 8. The normalized spacial score (nSPS) is 10.5. The second kappa shape index (κ2) is 8.90. The van der Waals surface area contributed by atoms with Gasteiger partial charge < -0.3 is 14.2 Å². The molecule has 2 rings (SSSR count). The van der Waals surface area contributed by atoms with Gasteiger partial charge in [0.25, 0.3) is 0 Å². The minimum atomic E-state index is -0.426. The van der Waals surface area contributed by atoms with E-state index in [0.29, 0.717) is 6.61 Å². The Morgan fingerprint density at radius 1 is 0.870 bits per heavy atom. The fourth-order valence-electron chi connectivity index (χ4n) is 2.08. The van der Waals surface area contributed by atoms with Crippen LogP contribution in [0.5, 0.6) is 0 Å². The van der Waals surface area contributed by atoms with Gasteiger partial charge in [0, 0.05) is 7.11 Å². The summed E-state index contributed by atoms with van der Waals surface area (Å²) in [6.07, 6.45) is 0.0274. The van der Waals surface area contributed by atoms with Gasteiger partial charge >= 0.3 is 11.9 Å². The van der Waals surface area contributed by atoms with E-state index < -0.39 is 11.9 Å². The molecular formula is C18H20O5. The average molecular weight is 316 g/mol. The number of hydrogen-bond donors (Lipinski definition) is 0. The molecule has 2 aromatic carbocycles. The van der Waals surface area contributed by atoms with Crippen molar-refractivity contribution < 1.29 is 23.8 Å². The van der Waals surface area contributed by atoms with E-state index in [2.05, 4.69) is 0 Å². The molecule has 0 radical (unpaired) electrons. The molecule has 0 bridgehead atoms. The average Bonchev–Trinajstić information content (AvgIpc) is 2.58. The first-order valence-corrected chi connectivity index (χ1v) is 7.47. The van der Waals surface area contributed by atoms with E-state index >= 15 is 0 Å². The van der Waals surface area contributed by atoms with Crippen molar-refractivity contribution in [1.82, 2.24) is 0 Å². The fraction of sp³-hybridized carbons (Fsp3) is 0.333. The van der Waals surface area contributed by atoms with Gasteiger partial charge in [-0.1, -0.05) is 36.4 Å². The highest BCUT2D eigenvalue weighted by molar-refractivity contribution is 5.83. The van der Waals surface area contributed by atoms with Crippen LogP contribution in [0.15, 0.2) is 42.5 Å². The summed E-state index contributed by atoms with van der Waals surface area (Å²) in [7, 11) is 1.53. The Hall–Kier alpha value is -2.40. The van der Waals surface area contributed by atoms with Crippen molar-refractivity contribution in [2.45, 2.75) is 19.4 Å². The van der Waals surface area contributed by atoms with Crippen LogP contribution in [0.25, 0.3) is 10.8 Å². The topological polar surface area (TPSA) is 61.8 Å². The highest BCUT2D eigenvalue weighted by Gasteiger charge is 2.09. The SMILES string of the molecule is COCCOC(=O)CCC(=O)OCc1ccc2ccccc2c1. The Morgan fingerprint density at radius 3 is 2.30 bits per heavy atom. The lowest BCUT2D eigenvalue weighted by atomic mass is 10.1. The highest BCUT2D eigenvalue weighted by atomic mass is 16.6. The maximum atomic E-state index is 11.7. The summed E-state index contributed by atoms with van der Waals surface area (Å²) in [6, 6.07) is 13.9.